The van der Waals surface area contributed by atoms with Crippen LogP contribution < -0.4 is 10.5 Å². The third kappa shape index (κ3) is 4.20. The van der Waals surface area contributed by atoms with E-state index < -0.39 is 10.0 Å². The van der Waals surface area contributed by atoms with Crippen molar-refractivity contribution in [3.63, 3.8) is 0 Å². The Labute approximate surface area is 128 Å². The minimum Gasteiger partial charge on any atom is -0.320 e. The molecule has 0 fully saturated rings. The predicted molar refractivity (Wildman–Crippen MR) is 82.4 cm³/mol. The summed E-state index contributed by atoms with van der Waals surface area (Å²) in [6.07, 6.45) is 1.47. The largest absolute Gasteiger partial charge is 0.320 e. The van der Waals surface area contributed by atoms with Crippen molar-refractivity contribution in [1.82, 2.24) is 4.98 Å². The van der Waals surface area contributed by atoms with Crippen molar-refractivity contribution in [2.24, 2.45) is 5.73 Å². The molecule has 3 N–H and O–H groups in total. The van der Waals surface area contributed by atoms with E-state index in [1.54, 1.807) is 6.07 Å². The monoisotopic (exact) mass is 321 g/mol. The standard InChI is InChI=1S/C14H12ClN3O2S/c15-12-3-5-13(6-4-12)21(19,20)18-14-10-11(2-1-8-16)7-9-17-14/h3-7,9-10H,8,16H2,(H,17,18). The lowest BCUT2D eigenvalue weighted by atomic mass is 10.2. The van der Waals surface area contributed by atoms with Crippen LogP contribution in [0.25, 0.3) is 0 Å². The summed E-state index contributed by atoms with van der Waals surface area (Å²) in [6.45, 7) is 0.230. The minimum absolute atomic E-state index is 0.104. The van der Waals surface area contributed by atoms with Crippen LogP contribution in [0.4, 0.5) is 5.82 Å². The van der Waals surface area contributed by atoms with Crippen LogP contribution in [-0.2, 0) is 10.0 Å². The second-order valence-electron chi connectivity index (χ2n) is 4.00. The molecule has 0 saturated carbocycles. The van der Waals surface area contributed by atoms with Gasteiger partial charge in [0.15, 0.2) is 0 Å². The molecule has 0 saturated heterocycles. The highest BCUT2D eigenvalue weighted by Gasteiger charge is 2.14. The molecular weight excluding hydrogens is 310 g/mol. The molecule has 2 aromatic rings. The van der Waals surface area contributed by atoms with E-state index in [0.29, 0.717) is 10.6 Å². The number of nitrogens with zero attached hydrogens (tertiary/aromatic N) is 1. The summed E-state index contributed by atoms with van der Waals surface area (Å²) >= 11 is 5.74. The van der Waals surface area contributed by atoms with Crippen LogP contribution in [0.5, 0.6) is 0 Å². The van der Waals surface area contributed by atoms with Crippen molar-refractivity contribution in [1.29, 1.82) is 0 Å². The second-order valence-corrected chi connectivity index (χ2v) is 6.11. The first kappa shape index (κ1) is 15.3. The lowest BCUT2D eigenvalue weighted by Crippen LogP contribution is -2.13. The van der Waals surface area contributed by atoms with Gasteiger partial charge in [-0.05, 0) is 36.4 Å². The molecule has 5 nitrogen and oxygen atoms in total. The highest BCUT2D eigenvalue weighted by molar-refractivity contribution is 7.92. The molecule has 0 unspecified atom stereocenters. The SMILES string of the molecule is NCC#Cc1ccnc(NS(=O)(=O)c2ccc(Cl)cc2)c1. The molecule has 108 valence electrons. The van der Waals surface area contributed by atoms with Gasteiger partial charge < -0.3 is 5.73 Å². The molecule has 0 radical (unpaired) electrons. The van der Waals surface area contributed by atoms with Gasteiger partial charge in [0.05, 0.1) is 11.4 Å². The van der Waals surface area contributed by atoms with Crippen molar-refractivity contribution in [3.8, 4) is 11.8 Å². The molecule has 7 heteroatoms. The Kier molecular flexibility index (Phi) is 4.81. The predicted octanol–water partition coefficient (Wildman–Crippen LogP) is 1.85. The maximum absolute atomic E-state index is 12.2. The van der Waals surface area contributed by atoms with Gasteiger partial charge in [-0.2, -0.15) is 0 Å². The van der Waals surface area contributed by atoms with Crippen molar-refractivity contribution in [2.75, 3.05) is 11.3 Å². The average Bonchev–Trinajstić information content (AvgIpc) is 2.45. The Morgan fingerprint density at radius 1 is 1.24 bits per heavy atom. The fraction of sp³-hybridized carbons (Fsp3) is 0.0714. The molecule has 1 aromatic heterocycles. The van der Waals surface area contributed by atoms with E-state index in [9.17, 15) is 8.42 Å². The van der Waals surface area contributed by atoms with Crippen LogP contribution in [0, 0.1) is 11.8 Å². The van der Waals surface area contributed by atoms with E-state index in [4.69, 9.17) is 17.3 Å². The maximum atomic E-state index is 12.2. The van der Waals surface area contributed by atoms with Crippen LogP contribution in [0.2, 0.25) is 5.02 Å². The summed E-state index contributed by atoms with van der Waals surface area (Å²) < 4.78 is 26.8. The van der Waals surface area contributed by atoms with Gasteiger partial charge >= 0.3 is 0 Å². The van der Waals surface area contributed by atoms with E-state index in [1.807, 2.05) is 0 Å². The van der Waals surface area contributed by atoms with E-state index in [1.165, 1.54) is 36.5 Å². The van der Waals surface area contributed by atoms with Crippen LogP contribution in [0.1, 0.15) is 5.56 Å². The summed E-state index contributed by atoms with van der Waals surface area (Å²) in [5.41, 5.74) is 5.92. The quantitative estimate of drug-likeness (QED) is 0.845. The van der Waals surface area contributed by atoms with Gasteiger partial charge in [0.25, 0.3) is 10.0 Å². The number of pyridine rings is 1. The molecule has 0 amide bonds. The summed E-state index contributed by atoms with van der Waals surface area (Å²) in [5, 5.41) is 0.464. The first-order valence-electron chi connectivity index (χ1n) is 5.94. The summed E-state index contributed by atoms with van der Waals surface area (Å²) in [7, 11) is -3.71. The number of anilines is 1. The maximum Gasteiger partial charge on any atom is 0.263 e. The van der Waals surface area contributed by atoms with E-state index in [0.717, 1.165) is 0 Å². The molecule has 1 aromatic carbocycles. The second kappa shape index (κ2) is 6.59. The summed E-state index contributed by atoms with van der Waals surface area (Å²) in [4.78, 5) is 4.06. The topological polar surface area (TPSA) is 85.1 Å². The molecule has 0 aliphatic heterocycles. The number of halogens is 1. The summed E-state index contributed by atoms with van der Waals surface area (Å²) in [6, 6.07) is 9.06. The Hall–Kier alpha value is -2.07. The highest BCUT2D eigenvalue weighted by Crippen LogP contribution is 2.17. The fourth-order valence-corrected chi connectivity index (χ4v) is 2.65. The van der Waals surface area contributed by atoms with Crippen molar-refractivity contribution < 1.29 is 8.42 Å². The molecule has 0 aliphatic carbocycles. The molecule has 0 bridgehead atoms. The molecule has 21 heavy (non-hydrogen) atoms. The van der Waals surface area contributed by atoms with Gasteiger partial charge in [-0.25, -0.2) is 13.4 Å². The van der Waals surface area contributed by atoms with Crippen LogP contribution >= 0.6 is 11.6 Å². The zero-order chi connectivity index (χ0) is 15.3. The number of hydrogen-bond donors (Lipinski definition) is 2. The molecule has 0 aliphatic rings. The number of nitrogens with one attached hydrogen (secondary N) is 1. The first-order valence-corrected chi connectivity index (χ1v) is 7.81. The van der Waals surface area contributed by atoms with Crippen LogP contribution in [0.3, 0.4) is 0 Å². The van der Waals surface area contributed by atoms with Crippen molar-refractivity contribution in [3.05, 3.63) is 53.2 Å². The molecule has 1 heterocycles. The Balaban J connectivity index is 2.26. The smallest absolute Gasteiger partial charge is 0.263 e. The fourth-order valence-electron chi connectivity index (χ4n) is 1.53. The number of benzene rings is 1. The first-order chi connectivity index (χ1) is 10.0. The number of nitrogens with two attached hydrogens (primary N) is 1. The number of sulfonamides is 1. The van der Waals surface area contributed by atoms with Crippen molar-refractivity contribution >= 4 is 27.4 Å². The van der Waals surface area contributed by atoms with Gasteiger partial charge in [-0.3, -0.25) is 4.72 Å². The van der Waals surface area contributed by atoms with Gasteiger partial charge in [-0.1, -0.05) is 23.4 Å². The number of hydrogen-bond acceptors (Lipinski definition) is 4. The van der Waals surface area contributed by atoms with Crippen LogP contribution in [-0.4, -0.2) is 19.9 Å². The van der Waals surface area contributed by atoms with Gasteiger partial charge in [0, 0.05) is 16.8 Å². The normalized spacial score (nSPS) is 10.6. The number of rotatable bonds is 3. The van der Waals surface area contributed by atoms with E-state index in [2.05, 4.69) is 21.5 Å². The molecule has 2 rings (SSSR count). The van der Waals surface area contributed by atoms with Gasteiger partial charge in [0.2, 0.25) is 0 Å². The third-order valence-corrected chi connectivity index (χ3v) is 4.08. The Morgan fingerprint density at radius 3 is 2.62 bits per heavy atom. The Bertz CT molecular complexity index is 793. The average molecular weight is 322 g/mol. The van der Waals surface area contributed by atoms with Crippen molar-refractivity contribution in [2.45, 2.75) is 4.90 Å². The van der Waals surface area contributed by atoms with Gasteiger partial charge in [-0.15, -0.1) is 0 Å². The Morgan fingerprint density at radius 2 is 1.95 bits per heavy atom. The van der Waals surface area contributed by atoms with Crippen LogP contribution in [0.15, 0.2) is 47.5 Å². The third-order valence-electron chi connectivity index (χ3n) is 2.46. The van der Waals surface area contributed by atoms with Gasteiger partial charge in [0.1, 0.15) is 5.82 Å². The van der Waals surface area contributed by atoms with E-state index in [-0.39, 0.29) is 17.3 Å². The highest BCUT2D eigenvalue weighted by atomic mass is 35.5. The lowest BCUT2D eigenvalue weighted by molar-refractivity contribution is 0.601. The molecular formula is C14H12ClN3O2S. The minimum atomic E-state index is -3.71. The lowest BCUT2D eigenvalue weighted by Gasteiger charge is -2.07. The summed E-state index contributed by atoms with van der Waals surface area (Å²) in [5.74, 6) is 5.69. The zero-order valence-corrected chi connectivity index (χ0v) is 12.4. The van der Waals surface area contributed by atoms with E-state index >= 15 is 0 Å². The number of aromatic nitrogens is 1. The zero-order valence-electron chi connectivity index (χ0n) is 10.9. The molecule has 0 spiro atoms. The molecule has 0 atom stereocenters.